The molecule has 2 N–H and O–H groups in total. The zero-order valence-electron chi connectivity index (χ0n) is 5.05. The van der Waals surface area contributed by atoms with E-state index in [9.17, 15) is 4.79 Å². The summed E-state index contributed by atoms with van der Waals surface area (Å²) in [4.78, 5) is 10.5. The number of nitrogens with two attached hydrogens (primary N) is 1. The highest BCUT2D eigenvalue weighted by Gasteiger charge is 1.92. The Bertz CT molecular complexity index is 264. The maximum Gasteiger partial charge on any atom is 0.359 e. The lowest BCUT2D eigenvalue weighted by atomic mass is 10.4. The predicted octanol–water partition coefficient (Wildman–Crippen LogP) is 0.530. The Kier molecular flexibility index (Phi) is 1.26. The molecule has 0 aromatic carbocycles. The molecule has 0 aliphatic heterocycles. The van der Waals surface area contributed by atoms with E-state index in [2.05, 4.69) is 4.42 Å². The quantitative estimate of drug-likeness (QED) is 0.550. The number of rotatable bonds is 0. The van der Waals surface area contributed by atoms with Gasteiger partial charge in [-0.1, -0.05) is 0 Å². The first-order valence-electron chi connectivity index (χ1n) is 2.56. The average molecular weight is 125 g/mol. The number of anilines is 1. The SMILES string of the molecule is Cc1ccc(N)c(=O)o1. The van der Waals surface area contributed by atoms with Crippen molar-refractivity contribution < 1.29 is 4.42 Å². The van der Waals surface area contributed by atoms with E-state index in [4.69, 9.17) is 5.73 Å². The first-order chi connectivity index (χ1) is 4.20. The van der Waals surface area contributed by atoms with Crippen molar-refractivity contribution in [3.05, 3.63) is 28.3 Å². The van der Waals surface area contributed by atoms with Crippen LogP contribution in [0.3, 0.4) is 0 Å². The normalized spacial score (nSPS) is 9.44. The molecule has 0 radical (unpaired) electrons. The third-order valence-corrected chi connectivity index (χ3v) is 0.987. The third kappa shape index (κ3) is 1.10. The molecule has 1 heterocycles. The van der Waals surface area contributed by atoms with Gasteiger partial charge < -0.3 is 10.2 Å². The van der Waals surface area contributed by atoms with Crippen LogP contribution < -0.4 is 11.4 Å². The lowest BCUT2D eigenvalue weighted by Crippen LogP contribution is -2.05. The van der Waals surface area contributed by atoms with Gasteiger partial charge in [0.15, 0.2) is 0 Å². The van der Waals surface area contributed by atoms with Crippen molar-refractivity contribution in [3.8, 4) is 0 Å². The number of aryl methyl sites for hydroxylation is 1. The topological polar surface area (TPSA) is 56.2 Å². The van der Waals surface area contributed by atoms with E-state index < -0.39 is 5.63 Å². The van der Waals surface area contributed by atoms with E-state index in [1.807, 2.05) is 0 Å². The van der Waals surface area contributed by atoms with Gasteiger partial charge in [0.2, 0.25) is 0 Å². The summed E-state index contributed by atoms with van der Waals surface area (Å²) in [5.74, 6) is 0.578. The van der Waals surface area contributed by atoms with Crippen LogP contribution >= 0.6 is 0 Å². The van der Waals surface area contributed by atoms with E-state index in [0.29, 0.717) is 5.76 Å². The summed E-state index contributed by atoms with van der Waals surface area (Å²) in [6.45, 7) is 1.70. The number of nitrogen functional groups attached to an aromatic ring is 1. The fourth-order valence-electron chi connectivity index (χ4n) is 0.514. The fraction of sp³-hybridized carbons (Fsp3) is 0.167. The van der Waals surface area contributed by atoms with Gasteiger partial charge in [-0.05, 0) is 19.1 Å². The molecule has 0 aliphatic rings. The number of hydrogen-bond donors (Lipinski definition) is 1. The molecule has 0 saturated heterocycles. The summed E-state index contributed by atoms with van der Waals surface area (Å²) in [7, 11) is 0. The fourth-order valence-corrected chi connectivity index (χ4v) is 0.514. The summed E-state index contributed by atoms with van der Waals surface area (Å²) in [5, 5.41) is 0. The summed E-state index contributed by atoms with van der Waals surface area (Å²) >= 11 is 0. The second kappa shape index (κ2) is 1.93. The molecule has 1 rings (SSSR count). The minimum atomic E-state index is -0.463. The second-order valence-corrected chi connectivity index (χ2v) is 1.79. The van der Waals surface area contributed by atoms with Crippen molar-refractivity contribution in [1.82, 2.24) is 0 Å². The molecular weight excluding hydrogens is 118 g/mol. The second-order valence-electron chi connectivity index (χ2n) is 1.79. The van der Waals surface area contributed by atoms with Gasteiger partial charge in [-0.15, -0.1) is 0 Å². The van der Waals surface area contributed by atoms with Crippen LogP contribution in [0.1, 0.15) is 5.76 Å². The van der Waals surface area contributed by atoms with Crippen molar-refractivity contribution >= 4 is 5.69 Å². The summed E-state index contributed by atoms with van der Waals surface area (Å²) < 4.78 is 4.63. The maximum atomic E-state index is 10.5. The van der Waals surface area contributed by atoms with Gasteiger partial charge in [-0.2, -0.15) is 0 Å². The van der Waals surface area contributed by atoms with Crippen molar-refractivity contribution in [1.29, 1.82) is 0 Å². The third-order valence-electron chi connectivity index (χ3n) is 0.987. The zero-order valence-corrected chi connectivity index (χ0v) is 5.05. The highest BCUT2D eigenvalue weighted by atomic mass is 16.4. The molecule has 48 valence electrons. The van der Waals surface area contributed by atoms with Crippen molar-refractivity contribution in [2.75, 3.05) is 5.73 Å². The van der Waals surface area contributed by atoms with Gasteiger partial charge in [0.1, 0.15) is 11.4 Å². The Hall–Kier alpha value is -1.25. The van der Waals surface area contributed by atoms with Crippen LogP contribution in [0.2, 0.25) is 0 Å². The van der Waals surface area contributed by atoms with Crippen molar-refractivity contribution in [2.24, 2.45) is 0 Å². The molecular formula is C6H7NO2. The van der Waals surface area contributed by atoms with E-state index in [-0.39, 0.29) is 5.69 Å². The molecule has 0 unspecified atom stereocenters. The molecule has 0 spiro atoms. The van der Waals surface area contributed by atoms with Gasteiger partial charge in [0.25, 0.3) is 0 Å². The van der Waals surface area contributed by atoms with Crippen molar-refractivity contribution in [3.63, 3.8) is 0 Å². The van der Waals surface area contributed by atoms with Crippen LogP contribution in [0, 0.1) is 6.92 Å². The average Bonchev–Trinajstić information content (AvgIpc) is 1.80. The molecule has 3 heteroatoms. The number of hydrogen-bond acceptors (Lipinski definition) is 3. The monoisotopic (exact) mass is 125 g/mol. The molecule has 0 atom stereocenters. The van der Waals surface area contributed by atoms with Crippen LogP contribution in [0.4, 0.5) is 5.69 Å². The molecule has 0 saturated carbocycles. The minimum absolute atomic E-state index is 0.153. The van der Waals surface area contributed by atoms with Gasteiger partial charge >= 0.3 is 5.63 Å². The van der Waals surface area contributed by atoms with Crippen LogP contribution in [0.5, 0.6) is 0 Å². The summed E-state index contributed by atoms with van der Waals surface area (Å²) in [6.07, 6.45) is 0. The molecule has 0 aliphatic carbocycles. The Morgan fingerprint density at radius 1 is 1.56 bits per heavy atom. The Morgan fingerprint density at radius 3 is 2.67 bits per heavy atom. The lowest BCUT2D eigenvalue weighted by Gasteiger charge is -1.89. The largest absolute Gasteiger partial charge is 0.427 e. The molecule has 1 aromatic heterocycles. The first kappa shape index (κ1) is 5.88. The lowest BCUT2D eigenvalue weighted by molar-refractivity contribution is 0.483. The van der Waals surface area contributed by atoms with Crippen LogP contribution in [-0.2, 0) is 0 Å². The zero-order chi connectivity index (χ0) is 6.85. The molecule has 0 fully saturated rings. The van der Waals surface area contributed by atoms with E-state index in [1.54, 1.807) is 13.0 Å². The van der Waals surface area contributed by atoms with E-state index >= 15 is 0 Å². The van der Waals surface area contributed by atoms with Gasteiger partial charge in [0.05, 0.1) is 0 Å². The summed E-state index contributed by atoms with van der Waals surface area (Å²) in [5.41, 5.74) is 4.87. The van der Waals surface area contributed by atoms with Crippen LogP contribution in [0.15, 0.2) is 21.3 Å². The molecule has 3 nitrogen and oxygen atoms in total. The van der Waals surface area contributed by atoms with Crippen LogP contribution in [0.25, 0.3) is 0 Å². The smallest absolute Gasteiger partial charge is 0.359 e. The maximum absolute atomic E-state index is 10.5. The van der Waals surface area contributed by atoms with Crippen LogP contribution in [-0.4, -0.2) is 0 Å². The first-order valence-corrected chi connectivity index (χ1v) is 2.56. The highest BCUT2D eigenvalue weighted by Crippen LogP contribution is 1.95. The van der Waals surface area contributed by atoms with Gasteiger partial charge in [0, 0.05) is 0 Å². The minimum Gasteiger partial charge on any atom is -0.427 e. The van der Waals surface area contributed by atoms with Crippen molar-refractivity contribution in [2.45, 2.75) is 6.92 Å². The highest BCUT2D eigenvalue weighted by molar-refractivity contribution is 5.32. The Morgan fingerprint density at radius 2 is 2.22 bits per heavy atom. The van der Waals surface area contributed by atoms with Gasteiger partial charge in [-0.25, -0.2) is 4.79 Å². The summed E-state index contributed by atoms with van der Waals surface area (Å²) in [6, 6.07) is 3.18. The molecule has 0 bridgehead atoms. The molecule has 0 amide bonds. The van der Waals surface area contributed by atoms with E-state index in [1.165, 1.54) is 6.07 Å². The predicted molar refractivity (Wildman–Crippen MR) is 34.1 cm³/mol. The standard InChI is InChI=1S/C6H7NO2/c1-4-2-3-5(7)6(8)9-4/h2-3H,7H2,1H3. The molecule has 1 aromatic rings. The van der Waals surface area contributed by atoms with Gasteiger partial charge in [-0.3, -0.25) is 0 Å². The molecule has 9 heavy (non-hydrogen) atoms. The van der Waals surface area contributed by atoms with E-state index in [0.717, 1.165) is 0 Å². The Labute approximate surface area is 52.1 Å². The Balaban J connectivity index is 3.34.